The molecule has 19 heavy (non-hydrogen) atoms. The Morgan fingerprint density at radius 1 is 1.00 bits per heavy atom. The molecule has 2 aromatic rings. The fourth-order valence-electron chi connectivity index (χ4n) is 1.54. The van der Waals surface area contributed by atoms with Crippen molar-refractivity contribution in [1.82, 2.24) is 0 Å². The van der Waals surface area contributed by atoms with Crippen molar-refractivity contribution in [3.8, 4) is 5.75 Å². The summed E-state index contributed by atoms with van der Waals surface area (Å²) in [5.41, 5.74) is 1.86. The van der Waals surface area contributed by atoms with E-state index in [4.69, 9.17) is 39.5 Å². The maximum atomic E-state index is 6.12. The van der Waals surface area contributed by atoms with Crippen LogP contribution >= 0.6 is 50.7 Å². The molecule has 2 aromatic carbocycles. The smallest absolute Gasteiger partial charge is 0.138 e. The molecule has 0 spiro atoms. The number of alkyl halides is 1. The van der Waals surface area contributed by atoms with Gasteiger partial charge in [0.05, 0.1) is 5.02 Å². The molecule has 0 unspecified atom stereocenters. The lowest BCUT2D eigenvalue weighted by Crippen LogP contribution is -1.97. The van der Waals surface area contributed by atoms with Gasteiger partial charge >= 0.3 is 0 Å². The Balaban J connectivity index is 2.10. The van der Waals surface area contributed by atoms with Crippen molar-refractivity contribution in [3.63, 3.8) is 0 Å². The van der Waals surface area contributed by atoms with Crippen LogP contribution in [0.15, 0.2) is 40.9 Å². The fraction of sp³-hybridized carbons (Fsp3) is 0.143. The van der Waals surface area contributed by atoms with Gasteiger partial charge in [-0.3, -0.25) is 0 Å². The van der Waals surface area contributed by atoms with E-state index < -0.39 is 0 Å². The van der Waals surface area contributed by atoms with Gasteiger partial charge < -0.3 is 4.74 Å². The summed E-state index contributed by atoms with van der Waals surface area (Å²) in [5.74, 6) is 1.05. The van der Waals surface area contributed by atoms with Crippen LogP contribution in [0.5, 0.6) is 5.75 Å². The summed E-state index contributed by atoms with van der Waals surface area (Å²) in [6.45, 7) is 0.367. The third kappa shape index (κ3) is 4.03. The van der Waals surface area contributed by atoms with E-state index in [0.29, 0.717) is 28.3 Å². The van der Waals surface area contributed by atoms with E-state index in [1.165, 1.54) is 0 Å². The second-order valence-electron chi connectivity index (χ2n) is 3.92. The first-order valence-corrected chi connectivity index (χ1v) is 7.59. The van der Waals surface area contributed by atoms with E-state index in [1.807, 2.05) is 30.3 Å². The Kier molecular flexibility index (Phi) is 5.40. The van der Waals surface area contributed by atoms with Crippen LogP contribution < -0.4 is 4.74 Å². The van der Waals surface area contributed by atoms with E-state index in [-0.39, 0.29) is 0 Å². The average Bonchev–Trinajstić information content (AvgIpc) is 2.39. The van der Waals surface area contributed by atoms with Crippen molar-refractivity contribution in [2.75, 3.05) is 0 Å². The fourth-order valence-corrected chi connectivity index (χ4v) is 2.69. The Hall–Kier alpha value is -0.410. The average molecular weight is 380 g/mol. The lowest BCUT2D eigenvalue weighted by atomic mass is 10.2. The number of hydrogen-bond donors (Lipinski definition) is 0. The highest BCUT2D eigenvalue weighted by Crippen LogP contribution is 2.28. The van der Waals surface area contributed by atoms with Gasteiger partial charge in [0, 0.05) is 20.9 Å². The van der Waals surface area contributed by atoms with Crippen molar-refractivity contribution in [2.24, 2.45) is 0 Å². The van der Waals surface area contributed by atoms with E-state index in [0.717, 1.165) is 15.6 Å². The van der Waals surface area contributed by atoms with Crippen LogP contribution in [0.25, 0.3) is 0 Å². The molecule has 0 aliphatic rings. The molecule has 0 saturated carbocycles. The van der Waals surface area contributed by atoms with Crippen LogP contribution in [0.4, 0.5) is 0 Å². The zero-order valence-corrected chi connectivity index (χ0v) is 13.7. The summed E-state index contributed by atoms with van der Waals surface area (Å²) in [5, 5.41) is 1.20. The molecule has 0 aliphatic carbocycles. The molecule has 0 bridgehead atoms. The van der Waals surface area contributed by atoms with E-state index in [1.54, 1.807) is 6.07 Å². The van der Waals surface area contributed by atoms with Gasteiger partial charge in [0.25, 0.3) is 0 Å². The first-order chi connectivity index (χ1) is 9.10. The van der Waals surface area contributed by atoms with Gasteiger partial charge in [-0.05, 0) is 29.8 Å². The first kappa shape index (κ1) is 15.0. The molecule has 100 valence electrons. The Morgan fingerprint density at radius 3 is 2.42 bits per heavy atom. The van der Waals surface area contributed by atoms with Crippen molar-refractivity contribution < 1.29 is 4.74 Å². The number of halogens is 4. The molecule has 0 amide bonds. The van der Waals surface area contributed by atoms with Gasteiger partial charge in [0.15, 0.2) is 0 Å². The summed E-state index contributed by atoms with van der Waals surface area (Å²) in [4.78, 5) is 0. The van der Waals surface area contributed by atoms with Crippen LogP contribution in [0.2, 0.25) is 10.0 Å². The Morgan fingerprint density at radius 2 is 1.79 bits per heavy atom. The van der Waals surface area contributed by atoms with Gasteiger partial charge in [-0.2, -0.15) is 0 Å². The maximum Gasteiger partial charge on any atom is 0.138 e. The van der Waals surface area contributed by atoms with Crippen LogP contribution in [0.3, 0.4) is 0 Å². The van der Waals surface area contributed by atoms with Crippen molar-refractivity contribution in [2.45, 2.75) is 12.5 Å². The zero-order valence-electron chi connectivity index (χ0n) is 9.80. The van der Waals surface area contributed by atoms with E-state index in [9.17, 15) is 0 Å². The zero-order chi connectivity index (χ0) is 13.8. The van der Waals surface area contributed by atoms with Gasteiger partial charge in [-0.1, -0.05) is 51.3 Å². The van der Waals surface area contributed by atoms with Gasteiger partial charge in [-0.15, -0.1) is 11.6 Å². The lowest BCUT2D eigenvalue weighted by Gasteiger charge is -2.10. The molecule has 0 heterocycles. The molecular weight excluding hydrogens is 370 g/mol. The van der Waals surface area contributed by atoms with Crippen LogP contribution in [0.1, 0.15) is 11.1 Å². The van der Waals surface area contributed by atoms with Crippen LogP contribution in [0, 0.1) is 0 Å². The van der Waals surface area contributed by atoms with Gasteiger partial charge in [-0.25, -0.2) is 0 Å². The number of benzene rings is 2. The highest BCUT2D eigenvalue weighted by molar-refractivity contribution is 9.10. The standard InChI is InChI=1S/C14H10BrCl3O/c15-11-3-2-10(12(17)6-11)8-19-14-4-1-9(7-16)5-13(14)18/h1-6H,7-8H2. The summed E-state index contributed by atoms with van der Waals surface area (Å²) < 4.78 is 6.60. The molecule has 1 nitrogen and oxygen atoms in total. The second-order valence-corrected chi connectivity index (χ2v) is 5.92. The summed E-state index contributed by atoms with van der Waals surface area (Å²) >= 11 is 21.3. The molecule has 0 aromatic heterocycles. The van der Waals surface area contributed by atoms with Crippen molar-refractivity contribution in [3.05, 3.63) is 62.0 Å². The molecular formula is C14H10BrCl3O. The summed E-state index contributed by atoms with van der Waals surface area (Å²) in [6.07, 6.45) is 0. The van der Waals surface area contributed by atoms with Crippen molar-refractivity contribution in [1.29, 1.82) is 0 Å². The molecule has 5 heteroatoms. The third-order valence-corrected chi connectivity index (χ3v) is 4.00. The predicted molar refractivity (Wildman–Crippen MR) is 84.5 cm³/mol. The topological polar surface area (TPSA) is 9.23 Å². The lowest BCUT2D eigenvalue weighted by molar-refractivity contribution is 0.306. The van der Waals surface area contributed by atoms with Crippen LogP contribution in [-0.2, 0) is 12.5 Å². The molecule has 0 atom stereocenters. The largest absolute Gasteiger partial charge is 0.487 e. The SMILES string of the molecule is ClCc1ccc(OCc2ccc(Br)cc2Cl)c(Cl)c1. The highest BCUT2D eigenvalue weighted by Gasteiger charge is 2.06. The Labute approximate surface area is 135 Å². The Bertz CT molecular complexity index is 587. The molecule has 0 aliphatic heterocycles. The molecule has 0 saturated heterocycles. The first-order valence-electron chi connectivity index (χ1n) is 5.51. The monoisotopic (exact) mass is 378 g/mol. The predicted octanol–water partition coefficient (Wildman–Crippen LogP) is 6.07. The second kappa shape index (κ2) is 6.85. The summed E-state index contributed by atoms with van der Waals surface area (Å²) in [7, 11) is 0. The maximum absolute atomic E-state index is 6.12. The van der Waals surface area contributed by atoms with Gasteiger partial charge in [0.2, 0.25) is 0 Å². The minimum atomic E-state index is 0.367. The van der Waals surface area contributed by atoms with E-state index in [2.05, 4.69) is 15.9 Å². The normalized spacial score (nSPS) is 10.5. The minimum absolute atomic E-state index is 0.367. The summed E-state index contributed by atoms with van der Waals surface area (Å²) in [6, 6.07) is 11.2. The highest BCUT2D eigenvalue weighted by atomic mass is 79.9. The van der Waals surface area contributed by atoms with Crippen LogP contribution in [-0.4, -0.2) is 0 Å². The third-order valence-electron chi connectivity index (χ3n) is 2.55. The van der Waals surface area contributed by atoms with Gasteiger partial charge in [0.1, 0.15) is 12.4 Å². The number of hydrogen-bond acceptors (Lipinski definition) is 1. The van der Waals surface area contributed by atoms with Crippen molar-refractivity contribution >= 4 is 50.7 Å². The van der Waals surface area contributed by atoms with E-state index >= 15 is 0 Å². The molecule has 0 radical (unpaired) electrons. The number of ether oxygens (including phenoxy) is 1. The number of rotatable bonds is 4. The molecule has 2 rings (SSSR count). The molecule has 0 N–H and O–H groups in total. The minimum Gasteiger partial charge on any atom is -0.487 e. The molecule has 0 fully saturated rings. The quantitative estimate of drug-likeness (QED) is 0.585.